The predicted octanol–water partition coefficient (Wildman–Crippen LogP) is 3.25. The van der Waals surface area contributed by atoms with Crippen LogP contribution in [-0.4, -0.2) is 23.8 Å². The minimum Gasteiger partial charge on any atom is -0.389 e. The third-order valence-corrected chi connectivity index (χ3v) is 3.48. The summed E-state index contributed by atoms with van der Waals surface area (Å²) < 4.78 is 0. The second-order valence-electron chi connectivity index (χ2n) is 7.07. The third kappa shape index (κ3) is 4.63. The van der Waals surface area contributed by atoms with E-state index in [2.05, 4.69) is 52.1 Å². The maximum Gasteiger partial charge on any atom is 0.0715 e. The zero-order valence-electron chi connectivity index (χ0n) is 13.5. The lowest BCUT2D eigenvalue weighted by Gasteiger charge is -2.31. The highest BCUT2D eigenvalue weighted by Gasteiger charge is 2.25. The summed E-state index contributed by atoms with van der Waals surface area (Å²) in [5.41, 5.74) is 4.85. The van der Waals surface area contributed by atoms with Gasteiger partial charge in [0.25, 0.3) is 0 Å². The summed E-state index contributed by atoms with van der Waals surface area (Å²) in [5, 5.41) is 13.2. The standard InChI is InChI=1S/C17H29NO/c1-12-8-13(2)15(14(3)9-12)16(4,5)10-18-11-17(6,7)19/h8-9,18-19H,10-11H2,1-7H3. The van der Waals surface area contributed by atoms with Crippen molar-refractivity contribution in [1.29, 1.82) is 0 Å². The van der Waals surface area contributed by atoms with Crippen molar-refractivity contribution in [2.24, 2.45) is 0 Å². The molecule has 0 amide bonds. The topological polar surface area (TPSA) is 32.3 Å². The Morgan fingerprint density at radius 1 is 0.947 bits per heavy atom. The second kappa shape index (κ2) is 5.64. The Balaban J connectivity index is 2.88. The highest BCUT2D eigenvalue weighted by atomic mass is 16.3. The van der Waals surface area contributed by atoms with E-state index < -0.39 is 5.60 Å². The highest BCUT2D eigenvalue weighted by Crippen LogP contribution is 2.29. The molecule has 0 heterocycles. The van der Waals surface area contributed by atoms with Crippen LogP contribution in [0.1, 0.15) is 49.9 Å². The molecule has 108 valence electrons. The fraction of sp³-hybridized carbons (Fsp3) is 0.647. The molecule has 0 atom stereocenters. The third-order valence-electron chi connectivity index (χ3n) is 3.48. The van der Waals surface area contributed by atoms with Crippen LogP contribution in [0.3, 0.4) is 0 Å². The van der Waals surface area contributed by atoms with Crippen LogP contribution in [0.5, 0.6) is 0 Å². The normalized spacial score (nSPS) is 12.8. The first kappa shape index (κ1) is 16.2. The Labute approximate surface area is 118 Å². The smallest absolute Gasteiger partial charge is 0.0715 e. The summed E-state index contributed by atoms with van der Waals surface area (Å²) in [4.78, 5) is 0. The van der Waals surface area contributed by atoms with E-state index in [1.807, 2.05) is 13.8 Å². The van der Waals surface area contributed by atoms with Crippen molar-refractivity contribution in [1.82, 2.24) is 5.32 Å². The van der Waals surface area contributed by atoms with E-state index in [1.54, 1.807) is 0 Å². The van der Waals surface area contributed by atoms with Gasteiger partial charge in [0.1, 0.15) is 0 Å². The Kier molecular flexibility index (Phi) is 4.81. The van der Waals surface area contributed by atoms with E-state index >= 15 is 0 Å². The summed E-state index contributed by atoms with van der Waals surface area (Å²) in [7, 11) is 0. The Hall–Kier alpha value is -0.860. The van der Waals surface area contributed by atoms with Crippen molar-refractivity contribution >= 4 is 0 Å². The molecule has 0 spiro atoms. The number of aliphatic hydroxyl groups is 1. The molecule has 19 heavy (non-hydrogen) atoms. The molecule has 0 aliphatic rings. The lowest BCUT2D eigenvalue weighted by Crippen LogP contribution is -2.41. The predicted molar refractivity (Wildman–Crippen MR) is 82.8 cm³/mol. The second-order valence-corrected chi connectivity index (χ2v) is 7.07. The quantitative estimate of drug-likeness (QED) is 0.854. The molecule has 0 aliphatic carbocycles. The van der Waals surface area contributed by atoms with Gasteiger partial charge in [0.05, 0.1) is 5.60 Å². The molecule has 0 radical (unpaired) electrons. The van der Waals surface area contributed by atoms with Gasteiger partial charge in [0.2, 0.25) is 0 Å². The van der Waals surface area contributed by atoms with Crippen LogP contribution in [0, 0.1) is 20.8 Å². The van der Waals surface area contributed by atoms with Gasteiger partial charge in [-0.3, -0.25) is 0 Å². The average molecular weight is 263 g/mol. The van der Waals surface area contributed by atoms with Crippen molar-refractivity contribution in [3.63, 3.8) is 0 Å². The number of hydrogen-bond acceptors (Lipinski definition) is 2. The van der Waals surface area contributed by atoms with Crippen LogP contribution in [0.15, 0.2) is 12.1 Å². The first-order valence-electron chi connectivity index (χ1n) is 7.04. The van der Waals surface area contributed by atoms with Crippen molar-refractivity contribution in [2.75, 3.05) is 13.1 Å². The van der Waals surface area contributed by atoms with Gasteiger partial charge in [-0.15, -0.1) is 0 Å². The molecule has 2 heteroatoms. The van der Waals surface area contributed by atoms with Gasteiger partial charge in [0.15, 0.2) is 0 Å². The van der Waals surface area contributed by atoms with Crippen molar-refractivity contribution in [2.45, 2.75) is 59.5 Å². The minimum absolute atomic E-state index is 0.0626. The van der Waals surface area contributed by atoms with Crippen LogP contribution in [0.2, 0.25) is 0 Å². The van der Waals surface area contributed by atoms with E-state index in [1.165, 1.54) is 22.3 Å². The average Bonchev–Trinajstić information content (AvgIpc) is 2.11. The Morgan fingerprint density at radius 3 is 1.84 bits per heavy atom. The summed E-state index contributed by atoms with van der Waals surface area (Å²) >= 11 is 0. The van der Waals surface area contributed by atoms with Crippen molar-refractivity contribution in [3.05, 3.63) is 34.4 Å². The monoisotopic (exact) mass is 263 g/mol. The van der Waals surface area contributed by atoms with Gasteiger partial charge < -0.3 is 10.4 Å². The minimum atomic E-state index is -0.659. The van der Waals surface area contributed by atoms with Gasteiger partial charge in [-0.25, -0.2) is 0 Å². The first-order chi connectivity index (χ1) is 8.53. The van der Waals surface area contributed by atoms with Crippen LogP contribution >= 0.6 is 0 Å². The van der Waals surface area contributed by atoms with Gasteiger partial charge in [-0.1, -0.05) is 31.5 Å². The van der Waals surface area contributed by atoms with Crippen LogP contribution in [0.25, 0.3) is 0 Å². The largest absolute Gasteiger partial charge is 0.389 e. The molecule has 0 fully saturated rings. The van der Waals surface area contributed by atoms with Gasteiger partial charge in [0, 0.05) is 18.5 Å². The van der Waals surface area contributed by atoms with Gasteiger partial charge >= 0.3 is 0 Å². The Bertz CT molecular complexity index is 418. The molecule has 1 rings (SSSR count). The Morgan fingerprint density at radius 2 is 1.42 bits per heavy atom. The lowest BCUT2D eigenvalue weighted by molar-refractivity contribution is 0.0785. The van der Waals surface area contributed by atoms with Crippen LogP contribution < -0.4 is 5.32 Å². The summed E-state index contributed by atoms with van der Waals surface area (Å²) in [6, 6.07) is 4.50. The summed E-state index contributed by atoms with van der Waals surface area (Å²) in [5.74, 6) is 0. The first-order valence-corrected chi connectivity index (χ1v) is 7.04. The maximum atomic E-state index is 9.77. The van der Waals surface area contributed by atoms with E-state index in [4.69, 9.17) is 0 Å². The molecule has 1 aromatic rings. The molecule has 0 bridgehead atoms. The van der Waals surface area contributed by atoms with Gasteiger partial charge in [-0.2, -0.15) is 0 Å². The molecule has 0 aromatic heterocycles. The fourth-order valence-electron chi connectivity index (χ4n) is 3.02. The lowest BCUT2D eigenvalue weighted by atomic mass is 9.78. The molecule has 2 nitrogen and oxygen atoms in total. The van der Waals surface area contributed by atoms with E-state index in [0.717, 1.165) is 6.54 Å². The zero-order valence-corrected chi connectivity index (χ0v) is 13.5. The molecule has 1 aromatic carbocycles. The summed E-state index contributed by atoms with van der Waals surface area (Å²) in [6.45, 7) is 16.2. The van der Waals surface area contributed by atoms with E-state index in [-0.39, 0.29) is 5.41 Å². The number of benzene rings is 1. The number of hydrogen-bond donors (Lipinski definition) is 2. The van der Waals surface area contributed by atoms with Crippen molar-refractivity contribution in [3.8, 4) is 0 Å². The SMILES string of the molecule is Cc1cc(C)c(C(C)(C)CNCC(C)(C)O)c(C)c1. The molecular weight excluding hydrogens is 234 g/mol. The molecule has 0 saturated heterocycles. The van der Waals surface area contributed by atoms with Crippen LogP contribution in [0.4, 0.5) is 0 Å². The fourth-order valence-corrected chi connectivity index (χ4v) is 3.02. The van der Waals surface area contributed by atoms with Crippen molar-refractivity contribution < 1.29 is 5.11 Å². The van der Waals surface area contributed by atoms with Crippen LogP contribution in [-0.2, 0) is 5.41 Å². The number of nitrogens with one attached hydrogen (secondary N) is 1. The number of rotatable bonds is 5. The maximum absolute atomic E-state index is 9.77. The van der Waals surface area contributed by atoms with E-state index in [0.29, 0.717) is 6.54 Å². The molecule has 0 saturated carbocycles. The highest BCUT2D eigenvalue weighted by molar-refractivity contribution is 5.42. The summed E-state index contributed by atoms with van der Waals surface area (Å²) in [6.07, 6.45) is 0. The molecule has 2 N–H and O–H groups in total. The molecular formula is C17H29NO. The van der Waals surface area contributed by atoms with E-state index in [9.17, 15) is 5.11 Å². The number of aryl methyl sites for hydroxylation is 3. The molecule has 0 unspecified atom stereocenters. The zero-order chi connectivity index (χ0) is 14.8. The molecule has 0 aliphatic heterocycles. The van der Waals surface area contributed by atoms with Gasteiger partial charge in [-0.05, 0) is 51.3 Å².